The molecule has 0 saturated carbocycles. The highest BCUT2D eigenvalue weighted by atomic mass is 16.7. The molecule has 0 bridgehead atoms. The third-order valence-electron chi connectivity index (χ3n) is 4.43. The second-order valence-electron chi connectivity index (χ2n) is 6.36. The summed E-state index contributed by atoms with van der Waals surface area (Å²) in [6.07, 6.45) is -8.57. The van der Waals surface area contributed by atoms with Crippen LogP contribution >= 0.6 is 0 Å². The summed E-state index contributed by atoms with van der Waals surface area (Å²) in [6.45, 7) is 0. The zero-order valence-electron chi connectivity index (χ0n) is 15.5. The van der Waals surface area contributed by atoms with Gasteiger partial charge in [-0.1, -0.05) is 30.3 Å². The van der Waals surface area contributed by atoms with Crippen LogP contribution in [0.2, 0.25) is 0 Å². The first kappa shape index (κ1) is 20.7. The molecule has 1 aliphatic rings. The maximum Gasteiger partial charge on any atom is 0.342 e. The Balaban J connectivity index is 1.78. The van der Waals surface area contributed by atoms with Crippen LogP contribution in [-0.4, -0.2) is 65.1 Å². The molecule has 154 valence electrons. The van der Waals surface area contributed by atoms with E-state index in [0.29, 0.717) is 5.69 Å². The molecule has 2 aromatic carbocycles. The fourth-order valence-electron chi connectivity index (χ4n) is 2.87. The van der Waals surface area contributed by atoms with Gasteiger partial charge >= 0.3 is 11.9 Å². The first-order valence-corrected chi connectivity index (χ1v) is 8.82. The van der Waals surface area contributed by atoms with Crippen molar-refractivity contribution in [1.29, 1.82) is 0 Å². The number of carbonyl (C=O) groups is 2. The number of methoxy groups -OCH3 is 1. The van der Waals surface area contributed by atoms with Crippen molar-refractivity contribution in [2.75, 3.05) is 12.4 Å². The predicted octanol–water partition coefficient (Wildman–Crippen LogP) is 0.568. The summed E-state index contributed by atoms with van der Waals surface area (Å²) < 4.78 is 14.9. The average molecular weight is 403 g/mol. The van der Waals surface area contributed by atoms with Gasteiger partial charge in [0.05, 0.1) is 18.4 Å². The molecule has 0 amide bonds. The number of ether oxygens (including phenoxy) is 3. The highest BCUT2D eigenvalue weighted by molar-refractivity contribution is 5.96. The van der Waals surface area contributed by atoms with Gasteiger partial charge in [0.25, 0.3) is 0 Å². The van der Waals surface area contributed by atoms with Gasteiger partial charge in [-0.05, 0) is 24.3 Å². The summed E-state index contributed by atoms with van der Waals surface area (Å²) in [7, 11) is 1.07. The van der Waals surface area contributed by atoms with Gasteiger partial charge in [0.1, 0.15) is 18.3 Å². The molecule has 0 spiro atoms. The smallest absolute Gasteiger partial charge is 0.342 e. The van der Waals surface area contributed by atoms with Gasteiger partial charge < -0.3 is 34.8 Å². The number of nitrogens with one attached hydrogen (secondary N) is 1. The highest BCUT2D eigenvalue weighted by Crippen LogP contribution is 2.26. The molecule has 0 aliphatic carbocycles. The number of hydrogen-bond donors (Lipinski definition) is 4. The highest BCUT2D eigenvalue weighted by Gasteiger charge is 2.49. The molecule has 9 nitrogen and oxygen atoms in total. The SMILES string of the molecule is COC(=O)[C@H]1O[C@@H](OC(=O)c2ccccc2Nc2ccccc2)[C@H](O)[C@@H](O)[C@@H]1O. The van der Waals surface area contributed by atoms with Crippen molar-refractivity contribution in [3.8, 4) is 0 Å². The normalized spacial score (nSPS) is 26.4. The summed E-state index contributed by atoms with van der Waals surface area (Å²) in [5, 5.41) is 33.1. The van der Waals surface area contributed by atoms with Gasteiger partial charge in [-0.25, -0.2) is 9.59 Å². The number of esters is 2. The lowest BCUT2D eigenvalue weighted by molar-refractivity contribution is -0.279. The number of rotatable bonds is 5. The van der Waals surface area contributed by atoms with E-state index in [4.69, 9.17) is 9.47 Å². The second-order valence-corrected chi connectivity index (χ2v) is 6.36. The largest absolute Gasteiger partial charge is 0.467 e. The fourth-order valence-corrected chi connectivity index (χ4v) is 2.87. The predicted molar refractivity (Wildman–Crippen MR) is 100 cm³/mol. The van der Waals surface area contributed by atoms with E-state index in [0.717, 1.165) is 12.8 Å². The van der Waals surface area contributed by atoms with E-state index >= 15 is 0 Å². The molecule has 0 radical (unpaired) electrons. The molecule has 29 heavy (non-hydrogen) atoms. The van der Waals surface area contributed by atoms with Gasteiger partial charge in [-0.3, -0.25) is 0 Å². The van der Waals surface area contributed by atoms with Crippen LogP contribution in [-0.2, 0) is 19.0 Å². The number of para-hydroxylation sites is 2. The van der Waals surface area contributed by atoms with Crippen LogP contribution in [0, 0.1) is 0 Å². The van der Waals surface area contributed by atoms with Crippen molar-refractivity contribution in [3.63, 3.8) is 0 Å². The summed E-state index contributed by atoms with van der Waals surface area (Å²) in [5.74, 6) is -1.84. The standard InChI is InChI=1S/C20H21NO8/c1-27-19(26)17-15(23)14(22)16(24)20(28-17)29-18(25)12-9-5-6-10-13(12)21-11-7-3-2-4-8-11/h2-10,14-17,20-24H,1H3/t14-,15-,16+,17-,20-/m0/s1. The monoisotopic (exact) mass is 403 g/mol. The van der Waals surface area contributed by atoms with E-state index in [1.807, 2.05) is 30.3 Å². The molecule has 1 heterocycles. The Morgan fingerprint density at radius 1 is 0.931 bits per heavy atom. The van der Waals surface area contributed by atoms with Crippen LogP contribution in [0.3, 0.4) is 0 Å². The Morgan fingerprint density at radius 3 is 2.28 bits per heavy atom. The van der Waals surface area contributed by atoms with Gasteiger partial charge in [-0.2, -0.15) is 0 Å². The number of hydrogen-bond acceptors (Lipinski definition) is 9. The quantitative estimate of drug-likeness (QED) is 0.528. The fraction of sp³-hybridized carbons (Fsp3) is 0.300. The lowest BCUT2D eigenvalue weighted by Crippen LogP contribution is -2.60. The zero-order valence-corrected chi connectivity index (χ0v) is 15.5. The molecule has 1 saturated heterocycles. The van der Waals surface area contributed by atoms with Crippen LogP contribution in [0.1, 0.15) is 10.4 Å². The van der Waals surface area contributed by atoms with Gasteiger partial charge in [0.15, 0.2) is 6.10 Å². The summed E-state index contributed by atoms with van der Waals surface area (Å²) in [6, 6.07) is 15.7. The van der Waals surface area contributed by atoms with E-state index in [2.05, 4.69) is 10.1 Å². The summed E-state index contributed by atoms with van der Waals surface area (Å²) >= 11 is 0. The Labute approximate surface area is 166 Å². The third-order valence-corrected chi connectivity index (χ3v) is 4.43. The second kappa shape index (κ2) is 9.01. The minimum absolute atomic E-state index is 0.141. The molecule has 0 aromatic heterocycles. The molecule has 1 fully saturated rings. The topological polar surface area (TPSA) is 135 Å². The van der Waals surface area contributed by atoms with Crippen molar-refractivity contribution in [3.05, 3.63) is 60.2 Å². The van der Waals surface area contributed by atoms with Crippen LogP contribution in [0.15, 0.2) is 54.6 Å². The molecule has 9 heteroatoms. The van der Waals surface area contributed by atoms with E-state index in [-0.39, 0.29) is 5.56 Å². The first-order chi connectivity index (χ1) is 13.9. The van der Waals surface area contributed by atoms with Crippen molar-refractivity contribution in [2.45, 2.75) is 30.7 Å². The molecular formula is C20H21NO8. The van der Waals surface area contributed by atoms with E-state index in [9.17, 15) is 24.9 Å². The number of anilines is 2. The maximum absolute atomic E-state index is 12.7. The Morgan fingerprint density at radius 2 is 1.59 bits per heavy atom. The molecular weight excluding hydrogens is 382 g/mol. The minimum atomic E-state index is -1.77. The molecule has 3 rings (SSSR count). The van der Waals surface area contributed by atoms with Crippen molar-refractivity contribution >= 4 is 23.3 Å². The lowest BCUT2D eigenvalue weighted by Gasteiger charge is -2.38. The van der Waals surface area contributed by atoms with Crippen molar-refractivity contribution in [2.24, 2.45) is 0 Å². The van der Waals surface area contributed by atoms with Crippen molar-refractivity contribution < 1.29 is 39.1 Å². The number of benzene rings is 2. The number of carbonyl (C=O) groups excluding carboxylic acids is 2. The zero-order chi connectivity index (χ0) is 21.0. The minimum Gasteiger partial charge on any atom is -0.467 e. The summed E-state index contributed by atoms with van der Waals surface area (Å²) in [5.41, 5.74) is 1.33. The lowest BCUT2D eigenvalue weighted by atomic mass is 9.99. The Bertz CT molecular complexity index is 859. The van der Waals surface area contributed by atoms with E-state index in [1.165, 1.54) is 6.07 Å². The first-order valence-electron chi connectivity index (χ1n) is 8.82. The van der Waals surface area contributed by atoms with Crippen LogP contribution in [0.4, 0.5) is 11.4 Å². The van der Waals surface area contributed by atoms with Crippen LogP contribution < -0.4 is 5.32 Å². The van der Waals surface area contributed by atoms with Crippen molar-refractivity contribution in [1.82, 2.24) is 0 Å². The molecule has 5 atom stereocenters. The number of aliphatic hydroxyl groups is 3. The molecule has 1 aliphatic heterocycles. The molecule has 4 N–H and O–H groups in total. The number of aliphatic hydroxyl groups excluding tert-OH is 3. The Hall–Kier alpha value is -2.98. The molecule has 2 aromatic rings. The molecule has 0 unspecified atom stereocenters. The van der Waals surface area contributed by atoms with Gasteiger partial charge in [0.2, 0.25) is 6.29 Å². The van der Waals surface area contributed by atoms with Gasteiger partial charge in [-0.15, -0.1) is 0 Å². The van der Waals surface area contributed by atoms with Crippen LogP contribution in [0.5, 0.6) is 0 Å². The van der Waals surface area contributed by atoms with E-state index in [1.54, 1.807) is 18.2 Å². The average Bonchev–Trinajstić information content (AvgIpc) is 2.74. The van der Waals surface area contributed by atoms with Gasteiger partial charge in [0, 0.05) is 5.69 Å². The summed E-state index contributed by atoms with van der Waals surface area (Å²) in [4.78, 5) is 24.4. The Kier molecular flexibility index (Phi) is 6.45. The third kappa shape index (κ3) is 4.54. The maximum atomic E-state index is 12.7. The van der Waals surface area contributed by atoms with Crippen LogP contribution in [0.25, 0.3) is 0 Å². The van der Waals surface area contributed by atoms with E-state index < -0.39 is 42.6 Å².